The number of nitrogens with zero attached hydrogens (tertiary/aromatic N) is 5. The molecule has 0 radical (unpaired) electrons. The summed E-state index contributed by atoms with van der Waals surface area (Å²) in [6, 6.07) is 0. The summed E-state index contributed by atoms with van der Waals surface area (Å²) < 4.78 is 7.34. The summed E-state index contributed by atoms with van der Waals surface area (Å²) in [6.45, 7) is 3.42. The van der Waals surface area contributed by atoms with Gasteiger partial charge in [-0.3, -0.25) is 4.57 Å². The van der Waals surface area contributed by atoms with Crippen LogP contribution in [0.5, 0.6) is 0 Å². The Morgan fingerprint density at radius 3 is 2.39 bits per heavy atom. The lowest BCUT2D eigenvalue weighted by Gasteiger charge is -2.38. The molecule has 4 heterocycles. The molecule has 4 atom stereocenters. The normalized spacial score (nSPS) is 31.0. The average molecular weight is 432 g/mol. The molecule has 5 rings (SSSR count). The number of hydrogen-bond acceptors (Lipinski definition) is 8. The van der Waals surface area contributed by atoms with E-state index in [-0.39, 0.29) is 6.61 Å². The zero-order valence-electron chi connectivity index (χ0n) is 18.1. The molecule has 0 aromatic carbocycles. The van der Waals surface area contributed by atoms with Crippen LogP contribution in [-0.2, 0) is 4.74 Å². The summed E-state index contributed by atoms with van der Waals surface area (Å²) in [4.78, 5) is 16.1. The Morgan fingerprint density at radius 1 is 1.00 bits per heavy atom. The first kappa shape index (κ1) is 21.1. The van der Waals surface area contributed by atoms with Crippen LogP contribution in [0, 0.1) is 18.8 Å². The number of fused-ring (bicyclic) bond motifs is 1. The van der Waals surface area contributed by atoms with Gasteiger partial charge >= 0.3 is 0 Å². The fourth-order valence-electron chi connectivity index (χ4n) is 5.71. The van der Waals surface area contributed by atoms with Crippen LogP contribution in [0.2, 0.25) is 0 Å². The van der Waals surface area contributed by atoms with E-state index in [4.69, 9.17) is 9.72 Å². The molecule has 1 saturated carbocycles. The van der Waals surface area contributed by atoms with Crippen LogP contribution < -0.4 is 4.90 Å². The van der Waals surface area contributed by atoms with Crippen LogP contribution in [0.4, 0.5) is 5.82 Å². The van der Waals surface area contributed by atoms with Crippen molar-refractivity contribution in [2.45, 2.75) is 76.4 Å². The highest BCUT2D eigenvalue weighted by Crippen LogP contribution is 2.38. The molecular weight excluding hydrogens is 398 g/mol. The maximum Gasteiger partial charge on any atom is 0.167 e. The highest BCUT2D eigenvalue weighted by molar-refractivity contribution is 5.83. The lowest BCUT2D eigenvalue weighted by molar-refractivity contribution is -0.0511. The van der Waals surface area contributed by atoms with Crippen molar-refractivity contribution in [1.29, 1.82) is 0 Å². The van der Waals surface area contributed by atoms with Crippen molar-refractivity contribution in [1.82, 2.24) is 19.5 Å². The van der Waals surface area contributed by atoms with Crippen LogP contribution in [0.25, 0.3) is 11.2 Å². The van der Waals surface area contributed by atoms with E-state index in [9.17, 15) is 15.3 Å². The van der Waals surface area contributed by atoms with E-state index in [0.29, 0.717) is 17.0 Å². The smallest absolute Gasteiger partial charge is 0.167 e. The maximum atomic E-state index is 10.4. The predicted octanol–water partition coefficient (Wildman–Crippen LogP) is 1.54. The van der Waals surface area contributed by atoms with E-state index in [1.165, 1.54) is 44.9 Å². The van der Waals surface area contributed by atoms with Gasteiger partial charge in [-0.25, -0.2) is 15.0 Å². The van der Waals surface area contributed by atoms with E-state index in [2.05, 4.69) is 14.9 Å². The Hall–Kier alpha value is -1.81. The molecule has 2 aromatic rings. The van der Waals surface area contributed by atoms with E-state index < -0.39 is 24.5 Å². The van der Waals surface area contributed by atoms with Gasteiger partial charge in [0.1, 0.15) is 24.1 Å². The zero-order valence-corrected chi connectivity index (χ0v) is 18.1. The van der Waals surface area contributed by atoms with Gasteiger partial charge in [-0.05, 0) is 31.6 Å². The SMILES string of the molecule is Cc1nc(N2CCC(C3CCCCC3)CC2)c2ncn(C3OC(CO)C(O)C3O)c2n1. The number of piperidine rings is 1. The summed E-state index contributed by atoms with van der Waals surface area (Å²) in [6.07, 6.45) is 6.87. The number of ether oxygens (including phenoxy) is 1. The van der Waals surface area contributed by atoms with E-state index in [1.807, 2.05) is 6.92 Å². The number of imidazole rings is 1. The molecule has 0 amide bonds. The van der Waals surface area contributed by atoms with Crippen molar-refractivity contribution in [3.63, 3.8) is 0 Å². The minimum atomic E-state index is -1.17. The number of rotatable bonds is 4. The molecule has 170 valence electrons. The molecule has 2 saturated heterocycles. The molecule has 9 nitrogen and oxygen atoms in total. The summed E-state index contributed by atoms with van der Waals surface area (Å²) in [5, 5.41) is 30.0. The largest absolute Gasteiger partial charge is 0.394 e. The number of aryl methyl sites for hydroxylation is 1. The lowest BCUT2D eigenvalue weighted by atomic mass is 9.76. The molecule has 31 heavy (non-hydrogen) atoms. The van der Waals surface area contributed by atoms with Gasteiger partial charge in [-0.2, -0.15) is 0 Å². The van der Waals surface area contributed by atoms with E-state index in [0.717, 1.165) is 30.7 Å². The molecule has 0 bridgehead atoms. The van der Waals surface area contributed by atoms with Gasteiger partial charge in [0.2, 0.25) is 0 Å². The van der Waals surface area contributed by atoms with Crippen LogP contribution >= 0.6 is 0 Å². The Bertz CT molecular complexity index is 907. The Morgan fingerprint density at radius 2 is 1.71 bits per heavy atom. The van der Waals surface area contributed by atoms with Crippen LogP contribution in [0.1, 0.15) is 57.0 Å². The fourth-order valence-corrected chi connectivity index (χ4v) is 5.71. The molecule has 2 aliphatic heterocycles. The van der Waals surface area contributed by atoms with Crippen molar-refractivity contribution in [2.24, 2.45) is 11.8 Å². The van der Waals surface area contributed by atoms with Gasteiger partial charge in [-0.1, -0.05) is 32.1 Å². The fraction of sp³-hybridized carbons (Fsp3) is 0.773. The Labute approximate surface area is 182 Å². The standard InChI is InChI=1S/C22H33N5O4/c1-13-24-20(26-9-7-15(8-10-26)14-5-3-2-4-6-14)17-21(25-13)27(12-23-17)22-19(30)18(29)16(11-28)31-22/h12,14-16,18-19,22,28-30H,2-11H2,1H3. The number of aliphatic hydroxyl groups is 3. The number of anilines is 1. The average Bonchev–Trinajstić information content (AvgIpc) is 3.34. The van der Waals surface area contributed by atoms with Gasteiger partial charge in [0.15, 0.2) is 23.2 Å². The third-order valence-corrected chi connectivity index (χ3v) is 7.46. The third-order valence-electron chi connectivity index (χ3n) is 7.46. The van der Waals surface area contributed by atoms with Crippen LogP contribution in [-0.4, -0.2) is 72.8 Å². The molecule has 1 aliphatic carbocycles. The highest BCUT2D eigenvalue weighted by atomic mass is 16.6. The number of hydrogen-bond donors (Lipinski definition) is 3. The second kappa shape index (κ2) is 8.61. The molecule has 9 heteroatoms. The maximum absolute atomic E-state index is 10.4. The van der Waals surface area contributed by atoms with E-state index >= 15 is 0 Å². The molecule has 0 spiro atoms. The minimum absolute atomic E-state index is 0.365. The first-order valence-corrected chi connectivity index (χ1v) is 11.7. The first-order valence-electron chi connectivity index (χ1n) is 11.7. The van der Waals surface area contributed by atoms with Crippen molar-refractivity contribution in [2.75, 3.05) is 24.6 Å². The second-order valence-corrected chi connectivity index (χ2v) is 9.37. The molecule has 3 N–H and O–H groups in total. The first-order chi connectivity index (χ1) is 15.1. The second-order valence-electron chi connectivity index (χ2n) is 9.37. The Balaban J connectivity index is 1.38. The molecule has 4 unspecified atom stereocenters. The molecular formula is C22H33N5O4. The number of aliphatic hydroxyl groups excluding tert-OH is 3. The summed E-state index contributed by atoms with van der Waals surface area (Å²) in [5.41, 5.74) is 1.26. The summed E-state index contributed by atoms with van der Waals surface area (Å²) >= 11 is 0. The van der Waals surface area contributed by atoms with Crippen molar-refractivity contribution < 1.29 is 20.1 Å². The highest BCUT2D eigenvalue weighted by Gasteiger charge is 2.44. The van der Waals surface area contributed by atoms with Crippen LogP contribution in [0.15, 0.2) is 6.33 Å². The van der Waals surface area contributed by atoms with Gasteiger partial charge < -0.3 is 25.0 Å². The number of aromatic nitrogens is 4. The molecule has 3 aliphatic rings. The van der Waals surface area contributed by atoms with Crippen molar-refractivity contribution >= 4 is 17.0 Å². The lowest BCUT2D eigenvalue weighted by Crippen LogP contribution is -2.37. The van der Waals surface area contributed by atoms with E-state index in [1.54, 1.807) is 10.9 Å². The third kappa shape index (κ3) is 3.82. The minimum Gasteiger partial charge on any atom is -0.394 e. The summed E-state index contributed by atoms with van der Waals surface area (Å²) in [5.74, 6) is 3.15. The van der Waals surface area contributed by atoms with Gasteiger partial charge in [0, 0.05) is 13.1 Å². The quantitative estimate of drug-likeness (QED) is 0.668. The van der Waals surface area contributed by atoms with Gasteiger partial charge in [0.05, 0.1) is 12.9 Å². The zero-order chi connectivity index (χ0) is 21.5. The van der Waals surface area contributed by atoms with Crippen molar-refractivity contribution in [3.8, 4) is 0 Å². The van der Waals surface area contributed by atoms with Crippen LogP contribution in [0.3, 0.4) is 0 Å². The monoisotopic (exact) mass is 431 g/mol. The summed E-state index contributed by atoms with van der Waals surface area (Å²) in [7, 11) is 0. The Kier molecular flexibility index (Phi) is 5.85. The molecule has 3 fully saturated rings. The molecule has 2 aromatic heterocycles. The van der Waals surface area contributed by atoms with Crippen molar-refractivity contribution in [3.05, 3.63) is 12.2 Å². The predicted molar refractivity (Wildman–Crippen MR) is 115 cm³/mol. The topological polar surface area (TPSA) is 117 Å². The van der Waals surface area contributed by atoms with Gasteiger partial charge in [0.25, 0.3) is 0 Å². The van der Waals surface area contributed by atoms with Gasteiger partial charge in [-0.15, -0.1) is 0 Å².